The number of carbonyl (C=O) groups is 1. The molecule has 0 heterocycles. The molecule has 0 spiro atoms. The lowest BCUT2D eigenvalue weighted by molar-refractivity contribution is -0.137. The molecule has 1 aromatic carbocycles. The van der Waals surface area contributed by atoms with Crippen LogP contribution in [0.2, 0.25) is 0 Å². The van der Waals surface area contributed by atoms with Crippen LogP contribution < -0.4 is 5.32 Å². The number of benzene rings is 1. The van der Waals surface area contributed by atoms with Crippen molar-refractivity contribution in [1.29, 1.82) is 0 Å². The molecule has 1 aliphatic carbocycles. The lowest BCUT2D eigenvalue weighted by Crippen LogP contribution is -2.29. The number of hydrogen-bond donors (Lipinski definition) is 1. The summed E-state index contributed by atoms with van der Waals surface area (Å²) in [7, 11) is 3.20. The van der Waals surface area contributed by atoms with Crippen LogP contribution in [0.5, 0.6) is 0 Å². The van der Waals surface area contributed by atoms with Crippen molar-refractivity contribution >= 4 is 11.6 Å². The van der Waals surface area contributed by atoms with Crippen LogP contribution in [-0.4, -0.2) is 30.9 Å². The van der Waals surface area contributed by atoms with Crippen LogP contribution in [0.4, 0.5) is 18.9 Å². The summed E-state index contributed by atoms with van der Waals surface area (Å²) < 4.78 is 38.1. The van der Waals surface area contributed by atoms with E-state index in [0.29, 0.717) is 5.69 Å². The van der Waals surface area contributed by atoms with E-state index >= 15 is 0 Å². The van der Waals surface area contributed by atoms with Gasteiger partial charge in [0.25, 0.3) is 5.91 Å². The van der Waals surface area contributed by atoms with E-state index in [2.05, 4.69) is 5.32 Å². The number of halogens is 3. The fourth-order valence-electron chi connectivity index (χ4n) is 1.93. The first-order valence-electron chi connectivity index (χ1n) is 6.00. The molecule has 19 heavy (non-hydrogen) atoms. The van der Waals surface area contributed by atoms with Crippen LogP contribution in [0.1, 0.15) is 28.8 Å². The van der Waals surface area contributed by atoms with Crippen LogP contribution in [-0.2, 0) is 6.18 Å². The van der Waals surface area contributed by atoms with Gasteiger partial charge in [0.1, 0.15) is 0 Å². The van der Waals surface area contributed by atoms with Crippen molar-refractivity contribution in [2.24, 2.45) is 0 Å². The molecule has 1 aromatic rings. The van der Waals surface area contributed by atoms with Gasteiger partial charge in [0.2, 0.25) is 0 Å². The average Bonchev–Trinajstić information content (AvgIpc) is 3.19. The minimum atomic E-state index is -4.44. The Hall–Kier alpha value is -1.72. The van der Waals surface area contributed by atoms with Gasteiger partial charge >= 0.3 is 6.18 Å². The zero-order valence-corrected chi connectivity index (χ0v) is 10.7. The first kappa shape index (κ1) is 13.7. The van der Waals surface area contributed by atoms with Crippen LogP contribution in [0.25, 0.3) is 0 Å². The predicted molar refractivity (Wildman–Crippen MR) is 66.1 cm³/mol. The number of alkyl halides is 3. The summed E-state index contributed by atoms with van der Waals surface area (Å²) in [5.41, 5.74) is -0.337. The molecule has 0 radical (unpaired) electrons. The van der Waals surface area contributed by atoms with E-state index in [1.807, 2.05) is 0 Å². The van der Waals surface area contributed by atoms with Crippen molar-refractivity contribution in [3.63, 3.8) is 0 Å². The van der Waals surface area contributed by atoms with Crippen LogP contribution >= 0.6 is 0 Å². The highest BCUT2D eigenvalue weighted by Gasteiger charge is 2.34. The molecular formula is C13H15F3N2O. The predicted octanol–water partition coefficient (Wildman–Crippen LogP) is 2.98. The molecule has 0 aliphatic heterocycles. The lowest BCUT2D eigenvalue weighted by Gasteiger charge is -2.19. The highest BCUT2D eigenvalue weighted by molar-refractivity contribution is 6.00. The van der Waals surface area contributed by atoms with E-state index < -0.39 is 11.7 Å². The maximum Gasteiger partial charge on any atom is 0.416 e. The Morgan fingerprint density at radius 1 is 1.37 bits per heavy atom. The van der Waals surface area contributed by atoms with E-state index in [1.54, 1.807) is 14.1 Å². The normalized spacial score (nSPS) is 15.2. The molecule has 1 N–H and O–H groups in total. The number of anilines is 1. The molecule has 6 heteroatoms. The summed E-state index contributed by atoms with van der Waals surface area (Å²) in [4.78, 5) is 13.7. The topological polar surface area (TPSA) is 32.3 Å². The number of nitrogens with zero attached hydrogens (tertiary/aromatic N) is 1. The molecule has 0 atom stereocenters. The van der Waals surface area contributed by atoms with Gasteiger partial charge in [0.15, 0.2) is 0 Å². The van der Waals surface area contributed by atoms with Crippen molar-refractivity contribution < 1.29 is 18.0 Å². The van der Waals surface area contributed by atoms with Crippen LogP contribution in [0.3, 0.4) is 0 Å². The average molecular weight is 272 g/mol. The summed E-state index contributed by atoms with van der Waals surface area (Å²) in [5, 5.41) is 2.75. The van der Waals surface area contributed by atoms with Crippen molar-refractivity contribution in [1.82, 2.24) is 4.90 Å². The third-order valence-corrected chi connectivity index (χ3v) is 3.26. The van der Waals surface area contributed by atoms with E-state index in [1.165, 1.54) is 11.0 Å². The van der Waals surface area contributed by atoms with Crippen molar-refractivity contribution in [2.45, 2.75) is 25.1 Å². The Morgan fingerprint density at radius 2 is 2.00 bits per heavy atom. The van der Waals surface area contributed by atoms with E-state index in [0.717, 1.165) is 25.0 Å². The summed E-state index contributed by atoms with van der Waals surface area (Å²) in [6.07, 6.45) is -2.62. The van der Waals surface area contributed by atoms with E-state index in [-0.39, 0.29) is 17.5 Å². The van der Waals surface area contributed by atoms with Gasteiger partial charge in [0.05, 0.1) is 11.1 Å². The first-order chi connectivity index (χ1) is 8.84. The van der Waals surface area contributed by atoms with Gasteiger partial charge < -0.3 is 10.2 Å². The van der Waals surface area contributed by atoms with Gasteiger partial charge in [-0.15, -0.1) is 0 Å². The highest BCUT2D eigenvalue weighted by Crippen LogP contribution is 2.33. The number of hydrogen-bond acceptors (Lipinski definition) is 2. The Morgan fingerprint density at radius 3 is 2.47 bits per heavy atom. The molecule has 104 valence electrons. The molecule has 0 unspecified atom stereocenters. The summed E-state index contributed by atoms with van der Waals surface area (Å²) in [5.74, 6) is -0.377. The van der Waals surface area contributed by atoms with E-state index in [9.17, 15) is 18.0 Å². The molecule has 2 rings (SSSR count). The molecule has 1 aliphatic rings. The largest absolute Gasteiger partial charge is 0.416 e. The zero-order valence-electron chi connectivity index (χ0n) is 10.7. The van der Waals surface area contributed by atoms with Gasteiger partial charge in [-0.25, -0.2) is 0 Å². The van der Waals surface area contributed by atoms with Crippen LogP contribution in [0, 0.1) is 0 Å². The summed E-state index contributed by atoms with van der Waals surface area (Å²) in [6, 6.07) is 3.33. The molecule has 1 amide bonds. The maximum absolute atomic E-state index is 12.7. The zero-order chi connectivity index (χ0) is 14.2. The van der Waals surface area contributed by atoms with Gasteiger partial charge in [-0.1, -0.05) is 0 Å². The number of nitrogens with one attached hydrogen (secondary N) is 1. The molecule has 1 fully saturated rings. The van der Waals surface area contributed by atoms with Gasteiger partial charge in [-0.3, -0.25) is 4.79 Å². The Bertz CT molecular complexity index is 495. The SMILES string of the molecule is CNc1ccc(C(F)(F)F)cc1C(=O)N(C)C1CC1. The monoisotopic (exact) mass is 272 g/mol. The van der Waals surface area contributed by atoms with Crippen molar-refractivity contribution in [3.8, 4) is 0 Å². The maximum atomic E-state index is 12.7. The number of rotatable bonds is 3. The standard InChI is InChI=1S/C13H15F3N2O/c1-17-11-6-3-8(13(14,15)16)7-10(11)12(19)18(2)9-4-5-9/h3,6-7,9,17H,4-5H2,1-2H3. The number of amides is 1. The van der Waals surface area contributed by atoms with Gasteiger partial charge in [0, 0.05) is 25.8 Å². The van der Waals surface area contributed by atoms with Crippen LogP contribution in [0.15, 0.2) is 18.2 Å². The van der Waals surface area contributed by atoms with Crippen molar-refractivity contribution in [2.75, 3.05) is 19.4 Å². The molecule has 0 aromatic heterocycles. The van der Waals surface area contributed by atoms with Crippen molar-refractivity contribution in [3.05, 3.63) is 29.3 Å². The quantitative estimate of drug-likeness (QED) is 0.917. The Kier molecular flexibility index (Phi) is 3.43. The highest BCUT2D eigenvalue weighted by atomic mass is 19.4. The third kappa shape index (κ3) is 2.83. The fraction of sp³-hybridized carbons (Fsp3) is 0.462. The molecule has 0 saturated heterocycles. The Balaban J connectivity index is 2.38. The minimum absolute atomic E-state index is 0.0618. The molecule has 3 nitrogen and oxygen atoms in total. The molecule has 0 bridgehead atoms. The third-order valence-electron chi connectivity index (χ3n) is 3.26. The second-order valence-electron chi connectivity index (χ2n) is 4.66. The van der Waals surface area contributed by atoms with E-state index in [4.69, 9.17) is 0 Å². The minimum Gasteiger partial charge on any atom is -0.387 e. The fourth-order valence-corrected chi connectivity index (χ4v) is 1.93. The second-order valence-corrected chi connectivity index (χ2v) is 4.66. The molecule has 1 saturated carbocycles. The first-order valence-corrected chi connectivity index (χ1v) is 6.00. The smallest absolute Gasteiger partial charge is 0.387 e. The lowest BCUT2D eigenvalue weighted by atomic mass is 10.1. The summed E-state index contributed by atoms with van der Waals surface area (Å²) >= 11 is 0. The summed E-state index contributed by atoms with van der Waals surface area (Å²) in [6.45, 7) is 0. The Labute approximate surface area is 109 Å². The van der Waals surface area contributed by atoms with Gasteiger partial charge in [-0.05, 0) is 31.0 Å². The van der Waals surface area contributed by atoms with Gasteiger partial charge in [-0.2, -0.15) is 13.2 Å². The number of carbonyl (C=O) groups excluding carboxylic acids is 1. The molecular weight excluding hydrogens is 257 g/mol. The second kappa shape index (κ2) is 4.75.